The Morgan fingerprint density at radius 1 is 1.24 bits per heavy atom. The predicted octanol–water partition coefficient (Wildman–Crippen LogP) is 4.08. The number of hydrogen-bond donors (Lipinski definition) is 2. The largest absolute Gasteiger partial charge is 0.379 e. The third-order valence-corrected chi connectivity index (χ3v) is 7.24. The van der Waals surface area contributed by atoms with Gasteiger partial charge in [0.25, 0.3) is 0 Å². The van der Waals surface area contributed by atoms with Crippen molar-refractivity contribution in [2.45, 2.75) is 38.8 Å². The predicted molar refractivity (Wildman–Crippen MR) is 136 cm³/mol. The van der Waals surface area contributed by atoms with Crippen LogP contribution in [0.25, 0.3) is 11.0 Å². The SMILES string of the molecule is O=C(NCCCn1cc(Br)c2cnc(Nc3cccc(CN4CCOCC4)c3)nc21)C1CCC1. The molecular formula is C25H31BrN6O2. The molecule has 0 atom stereocenters. The average Bonchev–Trinajstić information content (AvgIpc) is 3.11. The lowest BCUT2D eigenvalue weighted by atomic mass is 9.85. The Morgan fingerprint density at radius 2 is 2.09 bits per heavy atom. The van der Waals surface area contributed by atoms with Crippen LogP contribution in [0.5, 0.6) is 0 Å². The van der Waals surface area contributed by atoms with Crippen molar-refractivity contribution in [3.8, 4) is 0 Å². The molecule has 2 aliphatic rings. The first kappa shape index (κ1) is 23.3. The third kappa shape index (κ3) is 5.59. The summed E-state index contributed by atoms with van der Waals surface area (Å²) in [7, 11) is 0. The van der Waals surface area contributed by atoms with E-state index in [2.05, 4.69) is 59.2 Å². The molecule has 1 aliphatic heterocycles. The molecule has 2 aromatic heterocycles. The van der Waals surface area contributed by atoms with Crippen molar-refractivity contribution >= 4 is 44.5 Å². The molecule has 34 heavy (non-hydrogen) atoms. The quantitative estimate of drug-likeness (QED) is 0.408. The third-order valence-electron chi connectivity index (χ3n) is 6.61. The first-order valence-corrected chi connectivity index (χ1v) is 12.9. The highest BCUT2D eigenvalue weighted by atomic mass is 79.9. The molecule has 0 spiro atoms. The molecule has 3 heterocycles. The maximum Gasteiger partial charge on any atom is 0.229 e. The molecule has 2 N–H and O–H groups in total. The van der Waals surface area contributed by atoms with E-state index >= 15 is 0 Å². The average molecular weight is 527 g/mol. The highest BCUT2D eigenvalue weighted by Gasteiger charge is 2.24. The summed E-state index contributed by atoms with van der Waals surface area (Å²) < 4.78 is 8.54. The fourth-order valence-corrected chi connectivity index (χ4v) is 4.96. The van der Waals surface area contributed by atoms with Gasteiger partial charge in [-0.25, -0.2) is 4.98 Å². The molecule has 180 valence electrons. The number of carbonyl (C=O) groups is 1. The summed E-state index contributed by atoms with van der Waals surface area (Å²) in [5.74, 6) is 1.01. The van der Waals surface area contributed by atoms with E-state index in [1.165, 1.54) is 12.0 Å². The van der Waals surface area contributed by atoms with Crippen molar-refractivity contribution in [2.75, 3.05) is 38.2 Å². The molecule has 0 radical (unpaired) electrons. The van der Waals surface area contributed by atoms with E-state index in [0.29, 0.717) is 12.5 Å². The van der Waals surface area contributed by atoms with Crippen molar-refractivity contribution in [1.82, 2.24) is 24.8 Å². The maximum absolute atomic E-state index is 12.0. The number of benzene rings is 1. The Hall–Kier alpha value is -2.49. The molecule has 1 saturated carbocycles. The highest BCUT2D eigenvalue weighted by Crippen LogP contribution is 2.27. The first-order valence-electron chi connectivity index (χ1n) is 12.1. The van der Waals surface area contributed by atoms with E-state index in [-0.39, 0.29) is 11.8 Å². The zero-order chi connectivity index (χ0) is 23.3. The van der Waals surface area contributed by atoms with E-state index in [9.17, 15) is 4.79 Å². The monoisotopic (exact) mass is 526 g/mol. The molecule has 0 unspecified atom stereocenters. The van der Waals surface area contributed by atoms with Crippen LogP contribution < -0.4 is 10.6 Å². The number of halogens is 1. The molecule has 1 amide bonds. The van der Waals surface area contributed by atoms with Gasteiger partial charge in [0.1, 0.15) is 5.65 Å². The zero-order valence-electron chi connectivity index (χ0n) is 19.3. The van der Waals surface area contributed by atoms with Gasteiger partial charge in [-0.05, 0) is 52.9 Å². The standard InChI is InChI=1S/C25H31BrN6O2/c26-22-17-32(9-3-8-27-24(33)19-5-2-6-19)23-21(22)15-28-25(30-23)29-20-7-1-4-18(14-20)16-31-10-12-34-13-11-31/h1,4,7,14-15,17,19H,2-3,5-6,8-13,16H2,(H,27,33)(H,28,29,30). The van der Waals surface area contributed by atoms with Gasteiger partial charge in [-0.1, -0.05) is 18.6 Å². The molecule has 3 aromatic rings. The number of ether oxygens (including phenoxy) is 1. The van der Waals surface area contributed by atoms with E-state index in [1.807, 2.05) is 18.5 Å². The fourth-order valence-electron chi connectivity index (χ4n) is 4.43. The number of aryl methyl sites for hydroxylation is 1. The minimum absolute atomic E-state index is 0.203. The Bertz CT molecular complexity index is 1140. The minimum atomic E-state index is 0.203. The lowest BCUT2D eigenvalue weighted by Gasteiger charge is -2.26. The summed E-state index contributed by atoms with van der Waals surface area (Å²) in [5, 5.41) is 7.41. The van der Waals surface area contributed by atoms with Crippen LogP contribution in [0.2, 0.25) is 0 Å². The first-order chi connectivity index (χ1) is 16.7. The number of rotatable bonds is 9. The van der Waals surface area contributed by atoms with Crippen LogP contribution in [-0.2, 0) is 22.6 Å². The number of nitrogens with one attached hydrogen (secondary N) is 2. The summed E-state index contributed by atoms with van der Waals surface area (Å²) in [6.07, 6.45) is 7.98. The Kier molecular flexibility index (Phi) is 7.42. The number of hydrogen-bond acceptors (Lipinski definition) is 6. The second kappa shape index (κ2) is 10.8. The summed E-state index contributed by atoms with van der Waals surface area (Å²) in [6, 6.07) is 8.41. The number of anilines is 2. The summed E-state index contributed by atoms with van der Waals surface area (Å²) >= 11 is 3.63. The topological polar surface area (TPSA) is 84.3 Å². The zero-order valence-corrected chi connectivity index (χ0v) is 20.9. The van der Waals surface area contributed by atoms with Crippen LogP contribution in [0, 0.1) is 5.92 Å². The Balaban J connectivity index is 1.22. The smallest absolute Gasteiger partial charge is 0.229 e. The number of morpholine rings is 1. The number of fused-ring (bicyclic) bond motifs is 1. The summed E-state index contributed by atoms with van der Waals surface area (Å²) in [5.41, 5.74) is 3.10. The molecule has 1 aliphatic carbocycles. The van der Waals surface area contributed by atoms with Crippen LogP contribution in [0.3, 0.4) is 0 Å². The number of amides is 1. The number of aromatic nitrogens is 3. The molecule has 0 bridgehead atoms. The van der Waals surface area contributed by atoms with Crippen molar-refractivity contribution in [1.29, 1.82) is 0 Å². The number of carbonyl (C=O) groups excluding carboxylic acids is 1. The second-order valence-corrected chi connectivity index (χ2v) is 9.94. The van der Waals surface area contributed by atoms with Gasteiger partial charge in [0.15, 0.2) is 0 Å². The molecule has 2 fully saturated rings. The lowest BCUT2D eigenvalue weighted by Crippen LogP contribution is -2.35. The molecular weight excluding hydrogens is 496 g/mol. The van der Waals surface area contributed by atoms with Crippen LogP contribution in [-0.4, -0.2) is 58.2 Å². The highest BCUT2D eigenvalue weighted by molar-refractivity contribution is 9.10. The van der Waals surface area contributed by atoms with E-state index in [4.69, 9.17) is 9.72 Å². The van der Waals surface area contributed by atoms with E-state index in [1.54, 1.807) is 0 Å². The molecule has 8 nitrogen and oxygen atoms in total. The summed E-state index contributed by atoms with van der Waals surface area (Å²) in [4.78, 5) is 23.8. The van der Waals surface area contributed by atoms with Crippen LogP contribution in [0.15, 0.2) is 41.1 Å². The van der Waals surface area contributed by atoms with Gasteiger partial charge in [-0.3, -0.25) is 9.69 Å². The fraction of sp³-hybridized carbons (Fsp3) is 0.480. The summed E-state index contributed by atoms with van der Waals surface area (Å²) in [6.45, 7) is 5.89. The van der Waals surface area contributed by atoms with Crippen molar-refractivity contribution in [3.63, 3.8) is 0 Å². The minimum Gasteiger partial charge on any atom is -0.379 e. The second-order valence-electron chi connectivity index (χ2n) is 9.09. The van der Waals surface area contributed by atoms with Gasteiger partial charge in [0, 0.05) is 61.2 Å². The molecule has 5 rings (SSSR count). The van der Waals surface area contributed by atoms with Gasteiger partial charge in [0.2, 0.25) is 11.9 Å². The van der Waals surface area contributed by atoms with Gasteiger partial charge in [-0.2, -0.15) is 4.98 Å². The van der Waals surface area contributed by atoms with Crippen molar-refractivity contribution < 1.29 is 9.53 Å². The number of nitrogens with zero attached hydrogens (tertiary/aromatic N) is 4. The van der Waals surface area contributed by atoms with Crippen molar-refractivity contribution in [2.24, 2.45) is 5.92 Å². The van der Waals surface area contributed by atoms with E-state index < -0.39 is 0 Å². The molecule has 1 aromatic carbocycles. The Labute approximate surface area is 208 Å². The normalized spacial score (nSPS) is 17.0. The lowest BCUT2D eigenvalue weighted by molar-refractivity contribution is -0.127. The molecule has 1 saturated heterocycles. The van der Waals surface area contributed by atoms with Crippen LogP contribution in [0.4, 0.5) is 11.6 Å². The van der Waals surface area contributed by atoms with E-state index in [0.717, 1.165) is 79.8 Å². The van der Waals surface area contributed by atoms with Gasteiger partial charge < -0.3 is 19.9 Å². The Morgan fingerprint density at radius 3 is 2.88 bits per heavy atom. The van der Waals surface area contributed by atoms with Crippen LogP contribution >= 0.6 is 15.9 Å². The van der Waals surface area contributed by atoms with Gasteiger partial charge in [-0.15, -0.1) is 0 Å². The van der Waals surface area contributed by atoms with Crippen LogP contribution in [0.1, 0.15) is 31.2 Å². The molecule has 9 heteroatoms. The van der Waals surface area contributed by atoms with Crippen molar-refractivity contribution in [3.05, 3.63) is 46.7 Å². The van der Waals surface area contributed by atoms with Gasteiger partial charge >= 0.3 is 0 Å². The maximum atomic E-state index is 12.0. The van der Waals surface area contributed by atoms with Gasteiger partial charge in [0.05, 0.1) is 18.6 Å².